The van der Waals surface area contributed by atoms with E-state index in [1.54, 1.807) is 12.4 Å². The van der Waals surface area contributed by atoms with Crippen molar-refractivity contribution < 1.29 is 8.42 Å². The van der Waals surface area contributed by atoms with E-state index in [-0.39, 0.29) is 11.1 Å². The van der Waals surface area contributed by atoms with Crippen LogP contribution in [0.5, 0.6) is 0 Å². The molecule has 0 amide bonds. The minimum absolute atomic E-state index is 0.119. The lowest BCUT2D eigenvalue weighted by molar-refractivity contribution is 0.324. The summed E-state index contributed by atoms with van der Waals surface area (Å²) in [5, 5.41) is 0.233. The molecule has 0 saturated heterocycles. The normalized spacial score (nSPS) is 23.6. The lowest BCUT2D eigenvalue weighted by atomic mass is 9.85. The van der Waals surface area contributed by atoms with Gasteiger partial charge in [0.1, 0.15) is 0 Å². The fourth-order valence-electron chi connectivity index (χ4n) is 1.94. The quantitative estimate of drug-likeness (QED) is 0.808. The van der Waals surface area contributed by atoms with Gasteiger partial charge >= 0.3 is 0 Å². The van der Waals surface area contributed by atoms with E-state index in [4.69, 9.17) is 11.6 Å². The number of aromatic nitrogens is 1. The maximum absolute atomic E-state index is 11.8. The van der Waals surface area contributed by atoms with Crippen LogP contribution in [0, 0.1) is 5.92 Å². The third-order valence-electron chi connectivity index (χ3n) is 3.18. The molecule has 100 valence electrons. The Morgan fingerprint density at radius 3 is 2.61 bits per heavy atom. The van der Waals surface area contributed by atoms with Crippen molar-refractivity contribution in [2.45, 2.75) is 24.6 Å². The Bertz CT molecular complexity index is 472. The maximum atomic E-state index is 11.8. The lowest BCUT2D eigenvalue weighted by Gasteiger charge is -2.30. The van der Waals surface area contributed by atoms with Gasteiger partial charge in [-0.1, -0.05) is 0 Å². The molecule has 6 heteroatoms. The van der Waals surface area contributed by atoms with Crippen molar-refractivity contribution in [1.29, 1.82) is 0 Å². The maximum Gasteiger partial charge on any atom is 0.211 e. The summed E-state index contributed by atoms with van der Waals surface area (Å²) in [6.07, 6.45) is 5.68. The number of hydrogen-bond acceptors (Lipinski definition) is 3. The fraction of sp³-hybridized carbons (Fsp3) is 0.583. The number of rotatable bonds is 6. The zero-order valence-electron chi connectivity index (χ0n) is 10.0. The van der Waals surface area contributed by atoms with Gasteiger partial charge in [0.05, 0.1) is 5.75 Å². The molecule has 1 aliphatic carbocycles. The van der Waals surface area contributed by atoms with Crippen LogP contribution >= 0.6 is 11.6 Å². The molecule has 0 radical (unpaired) electrons. The largest absolute Gasteiger partial charge is 0.265 e. The van der Waals surface area contributed by atoms with Crippen LogP contribution in [0.1, 0.15) is 18.4 Å². The van der Waals surface area contributed by atoms with Gasteiger partial charge in [-0.25, -0.2) is 13.1 Å². The zero-order chi connectivity index (χ0) is 13.0. The molecule has 18 heavy (non-hydrogen) atoms. The van der Waals surface area contributed by atoms with E-state index in [0.717, 1.165) is 18.4 Å². The highest BCUT2D eigenvalue weighted by atomic mass is 35.5. The van der Waals surface area contributed by atoms with E-state index >= 15 is 0 Å². The first-order chi connectivity index (χ1) is 8.55. The summed E-state index contributed by atoms with van der Waals surface area (Å²) in [6, 6.07) is 3.67. The molecule has 0 aromatic carbocycles. The molecule has 1 heterocycles. The molecule has 2 rings (SSSR count). The van der Waals surface area contributed by atoms with Crippen molar-refractivity contribution in [3.63, 3.8) is 0 Å². The molecule has 4 nitrogen and oxygen atoms in total. The van der Waals surface area contributed by atoms with Gasteiger partial charge in [-0.2, -0.15) is 0 Å². The van der Waals surface area contributed by atoms with Crippen molar-refractivity contribution >= 4 is 21.6 Å². The Morgan fingerprint density at radius 2 is 2.00 bits per heavy atom. The zero-order valence-corrected chi connectivity index (χ0v) is 11.6. The van der Waals surface area contributed by atoms with E-state index in [1.165, 1.54) is 0 Å². The number of hydrogen-bond donors (Lipinski definition) is 1. The van der Waals surface area contributed by atoms with Crippen molar-refractivity contribution in [3.05, 3.63) is 30.1 Å². The first kappa shape index (κ1) is 13.8. The number of aryl methyl sites for hydroxylation is 1. The second-order valence-corrected chi connectivity index (χ2v) is 7.25. The van der Waals surface area contributed by atoms with Gasteiger partial charge in [0, 0.05) is 24.3 Å². The molecule has 1 aromatic rings. The van der Waals surface area contributed by atoms with Crippen LogP contribution in [-0.2, 0) is 16.4 Å². The Morgan fingerprint density at radius 1 is 1.33 bits per heavy atom. The summed E-state index contributed by atoms with van der Waals surface area (Å²) in [6.45, 7) is 0.516. The third-order valence-corrected chi connectivity index (χ3v) is 4.88. The molecular weight excluding hydrogens is 272 g/mol. The molecule has 0 atom stereocenters. The van der Waals surface area contributed by atoms with E-state index in [0.29, 0.717) is 18.9 Å². The first-order valence-corrected chi connectivity index (χ1v) is 8.14. The van der Waals surface area contributed by atoms with Gasteiger partial charge in [0.25, 0.3) is 0 Å². The highest BCUT2D eigenvalue weighted by Crippen LogP contribution is 2.31. The van der Waals surface area contributed by atoms with Gasteiger partial charge in [-0.05, 0) is 42.9 Å². The van der Waals surface area contributed by atoms with E-state index in [1.807, 2.05) is 12.1 Å². The Kier molecular flexibility index (Phi) is 4.59. The highest BCUT2D eigenvalue weighted by Gasteiger charge is 2.27. The Labute approximate surface area is 113 Å². The Balaban J connectivity index is 1.74. The Hall–Kier alpha value is -0.650. The van der Waals surface area contributed by atoms with Crippen molar-refractivity contribution in [2.24, 2.45) is 5.92 Å². The van der Waals surface area contributed by atoms with Crippen LogP contribution < -0.4 is 4.72 Å². The molecule has 0 bridgehead atoms. The first-order valence-electron chi connectivity index (χ1n) is 6.05. The highest BCUT2D eigenvalue weighted by molar-refractivity contribution is 7.89. The predicted molar refractivity (Wildman–Crippen MR) is 72.1 cm³/mol. The summed E-state index contributed by atoms with van der Waals surface area (Å²) < 4.78 is 26.2. The summed E-state index contributed by atoms with van der Waals surface area (Å²) in [7, 11) is -3.18. The molecule has 0 spiro atoms. The van der Waals surface area contributed by atoms with Crippen LogP contribution in [0.25, 0.3) is 0 Å². The topological polar surface area (TPSA) is 59.1 Å². The smallest absolute Gasteiger partial charge is 0.211 e. The molecule has 1 N–H and O–H groups in total. The number of nitrogens with one attached hydrogen (secondary N) is 1. The molecule has 1 fully saturated rings. The average molecular weight is 289 g/mol. The van der Waals surface area contributed by atoms with Gasteiger partial charge in [-0.3, -0.25) is 4.98 Å². The second kappa shape index (κ2) is 5.99. The fourth-order valence-corrected chi connectivity index (χ4v) is 3.58. The molecular formula is C12H17ClN2O2S. The second-order valence-electron chi connectivity index (χ2n) is 4.71. The summed E-state index contributed by atoms with van der Waals surface area (Å²) >= 11 is 5.85. The van der Waals surface area contributed by atoms with Gasteiger partial charge in [-0.15, -0.1) is 11.6 Å². The lowest BCUT2D eigenvalue weighted by Crippen LogP contribution is -2.37. The number of alkyl halides is 1. The molecule has 1 aromatic heterocycles. The number of halogens is 1. The van der Waals surface area contributed by atoms with Gasteiger partial charge < -0.3 is 0 Å². The number of nitrogens with zero attached hydrogens (tertiary/aromatic N) is 1. The number of pyridine rings is 1. The molecule has 0 aliphatic heterocycles. The van der Waals surface area contributed by atoms with Gasteiger partial charge in [0.15, 0.2) is 0 Å². The molecule has 0 unspecified atom stereocenters. The molecule has 1 saturated carbocycles. The summed E-state index contributed by atoms with van der Waals surface area (Å²) in [5.41, 5.74) is 0.986. The van der Waals surface area contributed by atoms with Crippen molar-refractivity contribution in [2.75, 3.05) is 12.3 Å². The summed E-state index contributed by atoms with van der Waals surface area (Å²) in [4.78, 5) is 3.90. The van der Waals surface area contributed by atoms with Crippen LogP contribution in [0.15, 0.2) is 24.5 Å². The third kappa shape index (κ3) is 4.23. The van der Waals surface area contributed by atoms with Crippen LogP contribution in [0.3, 0.4) is 0 Å². The predicted octanol–water partition coefficient (Wildman–Crippen LogP) is 1.56. The SMILES string of the molecule is O=S(=O)(CCc1ccncc1)NCC1CC(Cl)C1. The minimum Gasteiger partial charge on any atom is -0.265 e. The van der Waals surface area contributed by atoms with Crippen molar-refractivity contribution in [3.8, 4) is 0 Å². The monoisotopic (exact) mass is 288 g/mol. The van der Waals surface area contributed by atoms with E-state index in [2.05, 4.69) is 9.71 Å². The summed E-state index contributed by atoms with van der Waals surface area (Å²) in [5.74, 6) is 0.525. The van der Waals surface area contributed by atoms with E-state index < -0.39 is 10.0 Å². The molecule has 1 aliphatic rings. The van der Waals surface area contributed by atoms with Crippen molar-refractivity contribution in [1.82, 2.24) is 9.71 Å². The van der Waals surface area contributed by atoms with Crippen LogP contribution in [0.2, 0.25) is 0 Å². The van der Waals surface area contributed by atoms with Crippen LogP contribution in [0.4, 0.5) is 0 Å². The minimum atomic E-state index is -3.18. The number of sulfonamides is 1. The van der Waals surface area contributed by atoms with Crippen LogP contribution in [-0.4, -0.2) is 31.1 Å². The average Bonchev–Trinajstić information content (AvgIpc) is 2.32. The van der Waals surface area contributed by atoms with Gasteiger partial charge in [0.2, 0.25) is 10.0 Å². The standard InChI is InChI=1S/C12H17ClN2O2S/c13-12-7-11(8-12)9-15-18(16,17)6-3-10-1-4-14-5-2-10/h1-2,4-5,11-12,15H,3,6-9H2. The van der Waals surface area contributed by atoms with E-state index in [9.17, 15) is 8.42 Å².